The molecular weight excluding hydrogens is 296 g/mol. The molecule has 0 amide bonds. The minimum Gasteiger partial charge on any atom is -0.461 e. The molecule has 0 radical (unpaired) electrons. The van der Waals surface area contributed by atoms with Gasteiger partial charge >= 0.3 is 5.97 Å². The standard InChI is InChI=1S/C14H15BrO3/c1-10(12-3-5-13(15)6-4-12)7-8-18-14(17)9-11(2)16/h3-7H,8-9H2,1-2H3/b10-7+. The van der Waals surface area contributed by atoms with E-state index in [0.717, 1.165) is 15.6 Å². The van der Waals surface area contributed by atoms with Crippen LogP contribution in [0.4, 0.5) is 0 Å². The van der Waals surface area contributed by atoms with Gasteiger partial charge in [0.05, 0.1) is 0 Å². The van der Waals surface area contributed by atoms with Gasteiger partial charge in [0, 0.05) is 4.47 Å². The van der Waals surface area contributed by atoms with Crippen molar-refractivity contribution >= 4 is 33.3 Å². The van der Waals surface area contributed by atoms with Gasteiger partial charge in [0.25, 0.3) is 0 Å². The van der Waals surface area contributed by atoms with Crippen LogP contribution in [-0.2, 0) is 14.3 Å². The van der Waals surface area contributed by atoms with Crippen LogP contribution in [0.1, 0.15) is 25.8 Å². The van der Waals surface area contributed by atoms with Crippen molar-refractivity contribution in [1.29, 1.82) is 0 Å². The first-order chi connectivity index (χ1) is 8.49. The molecular formula is C14H15BrO3. The number of halogens is 1. The van der Waals surface area contributed by atoms with Crippen LogP contribution in [-0.4, -0.2) is 18.4 Å². The number of carbonyl (C=O) groups excluding carboxylic acids is 2. The van der Waals surface area contributed by atoms with Crippen molar-refractivity contribution in [3.05, 3.63) is 40.4 Å². The van der Waals surface area contributed by atoms with Crippen molar-refractivity contribution in [2.45, 2.75) is 20.3 Å². The van der Waals surface area contributed by atoms with E-state index in [1.807, 2.05) is 37.3 Å². The first-order valence-corrected chi connectivity index (χ1v) is 6.36. The molecule has 0 aliphatic rings. The van der Waals surface area contributed by atoms with Gasteiger partial charge in [-0.3, -0.25) is 9.59 Å². The fraction of sp³-hybridized carbons (Fsp3) is 0.286. The second-order valence-electron chi connectivity index (χ2n) is 3.96. The summed E-state index contributed by atoms with van der Waals surface area (Å²) in [5, 5.41) is 0. The van der Waals surface area contributed by atoms with Gasteiger partial charge in [-0.25, -0.2) is 0 Å². The number of ether oxygens (including phenoxy) is 1. The highest BCUT2D eigenvalue weighted by Gasteiger charge is 2.05. The quantitative estimate of drug-likeness (QED) is 0.618. The predicted molar refractivity (Wildman–Crippen MR) is 74.1 cm³/mol. The summed E-state index contributed by atoms with van der Waals surface area (Å²) in [4.78, 5) is 21.8. The van der Waals surface area contributed by atoms with Crippen LogP contribution in [0.15, 0.2) is 34.8 Å². The number of hydrogen-bond acceptors (Lipinski definition) is 3. The van der Waals surface area contributed by atoms with E-state index in [9.17, 15) is 9.59 Å². The van der Waals surface area contributed by atoms with Gasteiger partial charge < -0.3 is 4.74 Å². The topological polar surface area (TPSA) is 43.4 Å². The maximum Gasteiger partial charge on any atom is 0.313 e. The molecule has 1 rings (SSSR count). The lowest BCUT2D eigenvalue weighted by atomic mass is 10.1. The summed E-state index contributed by atoms with van der Waals surface area (Å²) >= 11 is 3.37. The smallest absolute Gasteiger partial charge is 0.313 e. The Morgan fingerprint density at radius 2 is 1.83 bits per heavy atom. The second-order valence-corrected chi connectivity index (χ2v) is 4.87. The van der Waals surface area contributed by atoms with Crippen LogP contribution in [0.2, 0.25) is 0 Å². The lowest BCUT2D eigenvalue weighted by molar-refractivity contribution is -0.144. The summed E-state index contributed by atoms with van der Waals surface area (Å²) in [6, 6.07) is 7.86. The third-order valence-electron chi connectivity index (χ3n) is 2.33. The number of Topliss-reactive ketones (excluding diaryl/α,β-unsaturated/α-hetero) is 1. The summed E-state index contributed by atoms with van der Waals surface area (Å²) in [5.74, 6) is -0.670. The summed E-state index contributed by atoms with van der Waals surface area (Å²) in [6.45, 7) is 3.50. The number of esters is 1. The molecule has 4 heteroatoms. The number of hydrogen-bond donors (Lipinski definition) is 0. The molecule has 0 N–H and O–H groups in total. The van der Waals surface area contributed by atoms with E-state index < -0.39 is 5.97 Å². The lowest BCUT2D eigenvalue weighted by Gasteiger charge is -2.03. The largest absolute Gasteiger partial charge is 0.461 e. The molecule has 0 unspecified atom stereocenters. The van der Waals surface area contributed by atoms with E-state index in [-0.39, 0.29) is 18.8 Å². The molecule has 0 atom stereocenters. The predicted octanol–water partition coefficient (Wildman–Crippen LogP) is 3.37. The lowest BCUT2D eigenvalue weighted by Crippen LogP contribution is -2.08. The fourth-order valence-electron chi connectivity index (χ4n) is 1.34. The van der Waals surface area contributed by atoms with Crippen molar-refractivity contribution in [2.24, 2.45) is 0 Å². The summed E-state index contributed by atoms with van der Waals surface area (Å²) in [7, 11) is 0. The molecule has 0 aliphatic carbocycles. The molecule has 96 valence electrons. The molecule has 0 heterocycles. The first kappa shape index (κ1) is 14.6. The number of rotatable bonds is 5. The number of ketones is 1. The molecule has 3 nitrogen and oxygen atoms in total. The Hall–Kier alpha value is -1.42. The SMILES string of the molecule is CC(=O)CC(=O)OC/C=C(\C)c1ccc(Br)cc1. The van der Waals surface area contributed by atoms with Gasteiger partial charge in [-0.05, 0) is 43.2 Å². The minimum atomic E-state index is -0.484. The Morgan fingerprint density at radius 3 is 2.39 bits per heavy atom. The Morgan fingerprint density at radius 1 is 1.22 bits per heavy atom. The molecule has 0 fully saturated rings. The monoisotopic (exact) mass is 310 g/mol. The average Bonchev–Trinajstić information content (AvgIpc) is 2.28. The van der Waals surface area contributed by atoms with Crippen molar-refractivity contribution in [3.8, 4) is 0 Å². The molecule has 0 bridgehead atoms. The third kappa shape index (κ3) is 5.27. The maximum atomic E-state index is 11.1. The molecule has 0 spiro atoms. The molecule has 0 saturated heterocycles. The number of benzene rings is 1. The molecule has 1 aromatic rings. The minimum absolute atomic E-state index is 0.162. The van der Waals surface area contributed by atoms with E-state index in [1.165, 1.54) is 6.92 Å². The Kier molecular flexibility index (Phi) is 5.78. The van der Waals surface area contributed by atoms with E-state index in [1.54, 1.807) is 0 Å². The summed E-state index contributed by atoms with van der Waals surface area (Å²) in [5.41, 5.74) is 2.10. The van der Waals surface area contributed by atoms with Gasteiger partial charge in [0.1, 0.15) is 18.8 Å². The van der Waals surface area contributed by atoms with Crippen LogP contribution in [0.5, 0.6) is 0 Å². The second kappa shape index (κ2) is 7.11. The van der Waals surface area contributed by atoms with Crippen molar-refractivity contribution in [2.75, 3.05) is 6.61 Å². The molecule has 0 saturated carbocycles. The molecule has 0 aliphatic heterocycles. The van der Waals surface area contributed by atoms with Crippen LogP contribution in [0.25, 0.3) is 5.57 Å². The van der Waals surface area contributed by atoms with E-state index in [2.05, 4.69) is 15.9 Å². The summed E-state index contributed by atoms with van der Waals surface area (Å²) in [6.07, 6.45) is 1.66. The Bertz CT molecular complexity index is 460. The first-order valence-electron chi connectivity index (χ1n) is 5.57. The normalized spacial score (nSPS) is 11.2. The van der Waals surface area contributed by atoms with E-state index in [0.29, 0.717) is 0 Å². The Labute approximate surface area is 115 Å². The highest BCUT2D eigenvalue weighted by molar-refractivity contribution is 9.10. The van der Waals surface area contributed by atoms with Crippen LogP contribution in [0, 0.1) is 0 Å². The number of allylic oxidation sites excluding steroid dienone is 1. The molecule has 18 heavy (non-hydrogen) atoms. The Balaban J connectivity index is 2.49. The highest BCUT2D eigenvalue weighted by atomic mass is 79.9. The fourth-order valence-corrected chi connectivity index (χ4v) is 1.61. The van der Waals surface area contributed by atoms with Gasteiger partial charge in [0.15, 0.2) is 0 Å². The zero-order chi connectivity index (χ0) is 13.5. The van der Waals surface area contributed by atoms with Gasteiger partial charge in [-0.2, -0.15) is 0 Å². The van der Waals surface area contributed by atoms with Crippen molar-refractivity contribution in [3.63, 3.8) is 0 Å². The van der Waals surface area contributed by atoms with Crippen LogP contribution < -0.4 is 0 Å². The van der Waals surface area contributed by atoms with Crippen molar-refractivity contribution < 1.29 is 14.3 Å². The molecule has 1 aromatic carbocycles. The van der Waals surface area contributed by atoms with Crippen molar-refractivity contribution in [1.82, 2.24) is 0 Å². The van der Waals surface area contributed by atoms with Crippen LogP contribution >= 0.6 is 15.9 Å². The van der Waals surface area contributed by atoms with Gasteiger partial charge in [0.2, 0.25) is 0 Å². The average molecular weight is 311 g/mol. The molecule has 0 aromatic heterocycles. The van der Waals surface area contributed by atoms with Gasteiger partial charge in [-0.1, -0.05) is 28.1 Å². The third-order valence-corrected chi connectivity index (χ3v) is 2.86. The zero-order valence-electron chi connectivity index (χ0n) is 10.4. The zero-order valence-corrected chi connectivity index (χ0v) is 12.0. The van der Waals surface area contributed by atoms with E-state index in [4.69, 9.17) is 4.74 Å². The summed E-state index contributed by atoms with van der Waals surface area (Å²) < 4.78 is 5.94. The van der Waals surface area contributed by atoms with E-state index >= 15 is 0 Å². The van der Waals surface area contributed by atoms with Gasteiger partial charge in [-0.15, -0.1) is 0 Å². The van der Waals surface area contributed by atoms with Crippen LogP contribution in [0.3, 0.4) is 0 Å². The maximum absolute atomic E-state index is 11.1. The number of carbonyl (C=O) groups is 2. The highest BCUT2D eigenvalue weighted by Crippen LogP contribution is 2.17.